The van der Waals surface area contributed by atoms with E-state index in [2.05, 4.69) is 4.74 Å². The lowest BCUT2D eigenvalue weighted by Crippen LogP contribution is -2.17. The first-order chi connectivity index (χ1) is 9.04. The molecule has 0 atom stereocenters. The molecule has 7 heteroatoms. The van der Waals surface area contributed by atoms with Crippen molar-refractivity contribution in [1.82, 2.24) is 0 Å². The number of nitro benzene ring substituents is 1. The van der Waals surface area contributed by atoms with Crippen molar-refractivity contribution < 1.29 is 19.2 Å². The normalized spacial score (nSPS) is 10.4. The number of nitro groups is 1. The van der Waals surface area contributed by atoms with E-state index >= 15 is 0 Å². The zero-order valence-electron chi connectivity index (χ0n) is 9.91. The molecule has 0 unspecified atom stereocenters. The molecule has 0 spiro atoms. The predicted octanol–water partition coefficient (Wildman–Crippen LogP) is 2.56. The van der Waals surface area contributed by atoms with Crippen molar-refractivity contribution in [1.29, 1.82) is 0 Å². The number of carbonyl (C=O) groups is 2. The molecule has 98 valence electrons. The zero-order chi connectivity index (χ0) is 14.0. The van der Waals surface area contributed by atoms with Crippen LogP contribution in [0.4, 0.5) is 5.69 Å². The Morgan fingerprint density at radius 3 is 2.79 bits per heavy atom. The SMILES string of the molecule is CCOC(=O)C(=O)c1csc2ccc([N+](=O)[O-])cc12. The van der Waals surface area contributed by atoms with E-state index in [1.54, 1.807) is 13.0 Å². The number of ether oxygens (including phenoxy) is 1. The van der Waals surface area contributed by atoms with Crippen LogP contribution in [0.1, 0.15) is 17.3 Å². The van der Waals surface area contributed by atoms with Crippen molar-refractivity contribution in [3.63, 3.8) is 0 Å². The summed E-state index contributed by atoms with van der Waals surface area (Å²) in [5.74, 6) is -1.73. The molecule has 2 aromatic rings. The minimum atomic E-state index is -0.950. The predicted molar refractivity (Wildman–Crippen MR) is 69.4 cm³/mol. The van der Waals surface area contributed by atoms with Crippen LogP contribution in [0.25, 0.3) is 10.1 Å². The van der Waals surface area contributed by atoms with E-state index in [0.717, 1.165) is 0 Å². The Morgan fingerprint density at radius 2 is 2.16 bits per heavy atom. The third kappa shape index (κ3) is 2.45. The summed E-state index contributed by atoms with van der Waals surface area (Å²) in [7, 11) is 0. The maximum absolute atomic E-state index is 11.9. The summed E-state index contributed by atoms with van der Waals surface area (Å²) < 4.78 is 5.34. The molecule has 0 radical (unpaired) electrons. The van der Waals surface area contributed by atoms with Gasteiger partial charge in [-0.1, -0.05) is 0 Å². The second-order valence-electron chi connectivity index (χ2n) is 3.64. The topological polar surface area (TPSA) is 86.5 Å². The van der Waals surface area contributed by atoms with Crippen molar-refractivity contribution in [3.05, 3.63) is 39.3 Å². The van der Waals surface area contributed by atoms with E-state index in [4.69, 9.17) is 0 Å². The molecule has 1 heterocycles. The van der Waals surface area contributed by atoms with E-state index in [-0.39, 0.29) is 17.9 Å². The summed E-state index contributed by atoms with van der Waals surface area (Å²) in [5, 5.41) is 12.6. The summed E-state index contributed by atoms with van der Waals surface area (Å²) in [6.07, 6.45) is 0. The van der Waals surface area contributed by atoms with E-state index in [0.29, 0.717) is 10.1 Å². The number of esters is 1. The lowest BCUT2D eigenvalue weighted by Gasteiger charge is -1.99. The van der Waals surface area contributed by atoms with Crippen LogP contribution < -0.4 is 0 Å². The van der Waals surface area contributed by atoms with Gasteiger partial charge in [-0.3, -0.25) is 14.9 Å². The average molecular weight is 279 g/mol. The molecule has 0 fully saturated rings. The molecule has 2 rings (SSSR count). The number of hydrogen-bond donors (Lipinski definition) is 0. The van der Waals surface area contributed by atoms with Crippen LogP contribution in [0.3, 0.4) is 0 Å². The van der Waals surface area contributed by atoms with Gasteiger partial charge in [-0.05, 0) is 13.0 Å². The number of non-ortho nitro benzene ring substituents is 1. The second-order valence-corrected chi connectivity index (χ2v) is 4.55. The minimum Gasteiger partial charge on any atom is -0.460 e. The van der Waals surface area contributed by atoms with Gasteiger partial charge in [0.2, 0.25) is 0 Å². The Labute approximate surface area is 111 Å². The number of thiophene rings is 1. The van der Waals surface area contributed by atoms with Gasteiger partial charge < -0.3 is 4.74 Å². The van der Waals surface area contributed by atoms with Crippen LogP contribution in [0.2, 0.25) is 0 Å². The summed E-state index contributed by atoms with van der Waals surface area (Å²) in [4.78, 5) is 33.4. The largest absolute Gasteiger partial charge is 0.460 e. The summed E-state index contributed by atoms with van der Waals surface area (Å²) >= 11 is 1.25. The number of fused-ring (bicyclic) bond motifs is 1. The van der Waals surface area contributed by atoms with Crippen LogP contribution >= 0.6 is 11.3 Å². The van der Waals surface area contributed by atoms with Gasteiger partial charge in [-0.15, -0.1) is 11.3 Å². The van der Waals surface area contributed by atoms with Gasteiger partial charge >= 0.3 is 5.97 Å². The highest BCUT2D eigenvalue weighted by atomic mass is 32.1. The van der Waals surface area contributed by atoms with Crippen molar-refractivity contribution >= 4 is 38.9 Å². The third-order valence-electron chi connectivity index (χ3n) is 2.47. The number of nitrogens with zero attached hydrogens (tertiary/aromatic N) is 1. The Bertz CT molecular complexity index is 676. The third-order valence-corrected chi connectivity index (χ3v) is 3.44. The average Bonchev–Trinajstić information content (AvgIpc) is 2.80. The lowest BCUT2D eigenvalue weighted by atomic mass is 10.1. The molecule has 0 amide bonds. The van der Waals surface area contributed by atoms with E-state index < -0.39 is 16.7 Å². The summed E-state index contributed by atoms with van der Waals surface area (Å²) in [6.45, 7) is 1.70. The monoisotopic (exact) mass is 279 g/mol. The first-order valence-electron chi connectivity index (χ1n) is 5.41. The molecule has 6 nitrogen and oxygen atoms in total. The Balaban J connectivity index is 2.49. The Hall–Kier alpha value is -2.28. The van der Waals surface area contributed by atoms with Gasteiger partial charge in [0.15, 0.2) is 0 Å². The van der Waals surface area contributed by atoms with Crippen LogP contribution in [-0.4, -0.2) is 23.3 Å². The molecule has 0 bridgehead atoms. The van der Waals surface area contributed by atoms with E-state index in [1.165, 1.54) is 28.8 Å². The number of ketones is 1. The van der Waals surface area contributed by atoms with Crippen LogP contribution in [0.5, 0.6) is 0 Å². The van der Waals surface area contributed by atoms with Gasteiger partial charge in [-0.2, -0.15) is 0 Å². The second kappa shape index (κ2) is 5.15. The summed E-state index contributed by atoms with van der Waals surface area (Å²) in [5.41, 5.74) is 0.0194. The molecule has 0 saturated heterocycles. The minimum absolute atomic E-state index is 0.104. The van der Waals surface area contributed by atoms with E-state index in [1.807, 2.05) is 0 Å². The number of Topliss-reactive ketones (excluding diaryl/α,β-unsaturated/α-hetero) is 1. The van der Waals surface area contributed by atoms with Gasteiger partial charge in [0, 0.05) is 33.2 Å². The number of hydrogen-bond acceptors (Lipinski definition) is 6. The lowest BCUT2D eigenvalue weighted by molar-refractivity contribution is -0.384. The first-order valence-corrected chi connectivity index (χ1v) is 6.29. The smallest absolute Gasteiger partial charge is 0.379 e. The standard InChI is InChI=1S/C12H9NO5S/c1-2-18-12(15)11(14)9-6-19-10-4-3-7(13(16)17)5-8(9)10/h3-6H,2H2,1H3. The number of carbonyl (C=O) groups excluding carboxylic acids is 2. The number of rotatable bonds is 4. The molecular weight excluding hydrogens is 270 g/mol. The highest BCUT2D eigenvalue weighted by molar-refractivity contribution is 7.17. The number of benzene rings is 1. The van der Waals surface area contributed by atoms with E-state index in [9.17, 15) is 19.7 Å². The summed E-state index contributed by atoms with van der Waals surface area (Å²) in [6, 6.07) is 4.20. The highest BCUT2D eigenvalue weighted by Crippen LogP contribution is 2.29. The molecular formula is C12H9NO5S. The zero-order valence-corrected chi connectivity index (χ0v) is 10.7. The van der Waals surface area contributed by atoms with Gasteiger partial charge in [0.1, 0.15) is 0 Å². The molecule has 1 aromatic carbocycles. The van der Waals surface area contributed by atoms with Crippen molar-refractivity contribution in [2.45, 2.75) is 6.92 Å². The van der Waals surface area contributed by atoms with Crippen LogP contribution in [0, 0.1) is 10.1 Å². The molecule has 0 N–H and O–H groups in total. The molecule has 0 aliphatic rings. The quantitative estimate of drug-likeness (QED) is 0.282. The van der Waals surface area contributed by atoms with Gasteiger partial charge in [0.05, 0.1) is 11.5 Å². The maximum atomic E-state index is 11.9. The fourth-order valence-electron chi connectivity index (χ4n) is 1.61. The van der Waals surface area contributed by atoms with Crippen molar-refractivity contribution in [2.75, 3.05) is 6.61 Å². The molecule has 0 aliphatic carbocycles. The molecule has 0 aliphatic heterocycles. The van der Waals surface area contributed by atoms with Crippen LogP contribution in [0.15, 0.2) is 23.6 Å². The first kappa shape index (κ1) is 13.2. The Kier molecular flexibility index (Phi) is 3.57. The maximum Gasteiger partial charge on any atom is 0.379 e. The molecule has 1 aromatic heterocycles. The molecule has 19 heavy (non-hydrogen) atoms. The van der Waals surface area contributed by atoms with Gasteiger partial charge in [0.25, 0.3) is 11.5 Å². The van der Waals surface area contributed by atoms with Crippen LogP contribution in [-0.2, 0) is 9.53 Å². The fraction of sp³-hybridized carbons (Fsp3) is 0.167. The fourth-order valence-corrected chi connectivity index (χ4v) is 2.53. The van der Waals surface area contributed by atoms with Gasteiger partial charge in [-0.25, -0.2) is 4.79 Å². The highest BCUT2D eigenvalue weighted by Gasteiger charge is 2.22. The van der Waals surface area contributed by atoms with Crippen molar-refractivity contribution in [3.8, 4) is 0 Å². The Morgan fingerprint density at radius 1 is 1.42 bits per heavy atom. The van der Waals surface area contributed by atoms with Crippen molar-refractivity contribution in [2.24, 2.45) is 0 Å². The molecule has 0 saturated carbocycles.